The molecule has 2 heterocycles. The van der Waals surface area contributed by atoms with Crippen molar-refractivity contribution in [1.82, 2.24) is 14.7 Å². The minimum Gasteiger partial charge on any atom is -0.479 e. The molecule has 126 valence electrons. The molecule has 1 aromatic heterocycles. The van der Waals surface area contributed by atoms with Gasteiger partial charge in [0.05, 0.1) is 11.9 Å². The summed E-state index contributed by atoms with van der Waals surface area (Å²) in [5.74, 6) is 0.264. The zero-order valence-electron chi connectivity index (χ0n) is 14.0. The second-order valence-corrected chi connectivity index (χ2v) is 5.92. The van der Waals surface area contributed by atoms with Crippen molar-refractivity contribution in [1.29, 1.82) is 0 Å². The third-order valence-electron chi connectivity index (χ3n) is 3.97. The van der Waals surface area contributed by atoms with Gasteiger partial charge in [-0.15, -0.1) is 0 Å². The van der Waals surface area contributed by atoms with Crippen LogP contribution in [-0.4, -0.2) is 46.2 Å². The fourth-order valence-corrected chi connectivity index (χ4v) is 2.69. The number of carbonyl (C=O) groups is 2. The fraction of sp³-hybridized carbons (Fsp3) is 0.353. The van der Waals surface area contributed by atoms with Gasteiger partial charge in [0, 0.05) is 32.4 Å². The van der Waals surface area contributed by atoms with Crippen molar-refractivity contribution in [3.05, 3.63) is 42.2 Å². The van der Waals surface area contributed by atoms with E-state index in [9.17, 15) is 9.59 Å². The van der Waals surface area contributed by atoms with Crippen LogP contribution in [0.5, 0.6) is 5.75 Å². The molecule has 0 N–H and O–H groups in total. The van der Waals surface area contributed by atoms with Crippen LogP contribution in [0, 0.1) is 0 Å². The van der Waals surface area contributed by atoms with Crippen molar-refractivity contribution in [3.63, 3.8) is 0 Å². The summed E-state index contributed by atoms with van der Waals surface area (Å²) in [6, 6.07) is 7.25. The quantitative estimate of drug-likeness (QED) is 0.845. The highest BCUT2D eigenvalue weighted by Gasteiger charge is 2.33. The van der Waals surface area contributed by atoms with Gasteiger partial charge in [0.25, 0.3) is 5.91 Å². The molecule has 1 aliphatic rings. The summed E-state index contributed by atoms with van der Waals surface area (Å²) in [4.78, 5) is 28.1. The molecule has 1 aliphatic heterocycles. The number of fused-ring (bicyclic) bond motifs is 1. The number of nitrogens with zero attached hydrogens (tertiary/aromatic N) is 4. The molecule has 0 radical (unpaired) electrons. The number of rotatable bonds is 4. The summed E-state index contributed by atoms with van der Waals surface area (Å²) < 4.78 is 7.28. The minimum atomic E-state index is -0.601. The highest BCUT2D eigenvalue weighted by molar-refractivity contribution is 6.03. The van der Waals surface area contributed by atoms with E-state index in [1.807, 2.05) is 25.4 Å². The van der Waals surface area contributed by atoms with Gasteiger partial charge in [-0.1, -0.05) is 12.1 Å². The summed E-state index contributed by atoms with van der Waals surface area (Å²) in [6.45, 7) is 2.12. The number of likely N-dealkylation sites (N-methyl/N-ethyl adjacent to an activating group) is 1. The number of benzene rings is 1. The molecule has 1 atom stereocenters. The molecule has 0 saturated heterocycles. The van der Waals surface area contributed by atoms with Gasteiger partial charge in [0.1, 0.15) is 12.3 Å². The maximum Gasteiger partial charge on any atom is 0.268 e. The molecule has 0 fully saturated rings. The summed E-state index contributed by atoms with van der Waals surface area (Å²) in [5, 5.41) is 4.09. The Hall–Kier alpha value is -2.83. The minimum absolute atomic E-state index is 0.0136. The Bertz CT molecular complexity index is 771. The molecule has 7 heteroatoms. The predicted octanol–water partition coefficient (Wildman–Crippen LogP) is 1.19. The van der Waals surface area contributed by atoms with E-state index in [1.54, 1.807) is 41.9 Å². The van der Waals surface area contributed by atoms with Crippen LogP contribution >= 0.6 is 0 Å². The Labute approximate surface area is 140 Å². The Kier molecular flexibility index (Phi) is 4.24. The molecule has 0 aliphatic carbocycles. The number of anilines is 1. The first-order valence-corrected chi connectivity index (χ1v) is 7.74. The maximum absolute atomic E-state index is 12.5. The summed E-state index contributed by atoms with van der Waals surface area (Å²) in [7, 11) is 3.55. The maximum atomic E-state index is 12.5. The van der Waals surface area contributed by atoms with E-state index < -0.39 is 6.10 Å². The Balaban J connectivity index is 1.74. The largest absolute Gasteiger partial charge is 0.479 e. The van der Waals surface area contributed by atoms with Crippen LogP contribution in [0.2, 0.25) is 0 Å². The van der Waals surface area contributed by atoms with Crippen molar-refractivity contribution < 1.29 is 14.3 Å². The number of aryl methyl sites for hydroxylation is 1. The predicted molar refractivity (Wildman–Crippen MR) is 88.6 cm³/mol. The average Bonchev–Trinajstić information content (AvgIpc) is 2.96. The lowest BCUT2D eigenvalue weighted by atomic mass is 10.2. The number of amides is 2. The zero-order chi connectivity index (χ0) is 17.3. The van der Waals surface area contributed by atoms with Crippen molar-refractivity contribution in [2.75, 3.05) is 18.5 Å². The van der Waals surface area contributed by atoms with E-state index in [2.05, 4.69) is 5.10 Å². The van der Waals surface area contributed by atoms with Crippen molar-refractivity contribution in [2.45, 2.75) is 19.6 Å². The highest BCUT2D eigenvalue weighted by Crippen LogP contribution is 2.33. The van der Waals surface area contributed by atoms with Crippen molar-refractivity contribution in [2.24, 2.45) is 7.05 Å². The lowest BCUT2D eigenvalue weighted by Gasteiger charge is -2.33. The average molecular weight is 328 g/mol. The van der Waals surface area contributed by atoms with E-state index in [0.29, 0.717) is 18.0 Å². The smallest absolute Gasteiger partial charge is 0.268 e. The van der Waals surface area contributed by atoms with Crippen LogP contribution in [0.3, 0.4) is 0 Å². The first-order valence-electron chi connectivity index (χ1n) is 7.74. The SMILES string of the molecule is CC1Oc2ccccc2N(CC(=O)N(C)Cc2cnn(C)c2)C1=O. The standard InChI is InChI=1S/C17H20N4O3/c1-12-17(23)21(14-6-4-5-7-15(14)24-12)11-16(22)19(2)9-13-8-18-20(3)10-13/h4-8,10,12H,9,11H2,1-3H3. The number of para-hydroxylation sites is 2. The number of carbonyl (C=O) groups excluding carboxylic acids is 2. The van der Waals surface area contributed by atoms with Gasteiger partial charge in [-0.2, -0.15) is 5.10 Å². The van der Waals surface area contributed by atoms with Gasteiger partial charge in [0.15, 0.2) is 6.10 Å². The van der Waals surface area contributed by atoms with Crippen molar-refractivity contribution in [3.8, 4) is 5.75 Å². The number of ether oxygens (including phenoxy) is 1. The monoisotopic (exact) mass is 328 g/mol. The molecule has 0 saturated carbocycles. The van der Waals surface area contributed by atoms with Crippen molar-refractivity contribution >= 4 is 17.5 Å². The molecular formula is C17H20N4O3. The molecule has 1 aromatic carbocycles. The molecular weight excluding hydrogens is 308 g/mol. The van der Waals surface area contributed by atoms with E-state index in [-0.39, 0.29) is 18.4 Å². The van der Waals surface area contributed by atoms with Crippen LogP contribution in [-0.2, 0) is 23.2 Å². The fourth-order valence-electron chi connectivity index (χ4n) is 2.69. The topological polar surface area (TPSA) is 67.7 Å². The van der Waals surface area contributed by atoms with Crippen LogP contribution in [0.15, 0.2) is 36.7 Å². The molecule has 1 unspecified atom stereocenters. The Morgan fingerprint density at radius 2 is 2.12 bits per heavy atom. The second kappa shape index (κ2) is 6.35. The molecule has 0 spiro atoms. The second-order valence-electron chi connectivity index (χ2n) is 5.92. The van der Waals surface area contributed by atoms with Gasteiger partial charge in [-0.05, 0) is 19.1 Å². The third kappa shape index (κ3) is 3.10. The van der Waals surface area contributed by atoms with Crippen LogP contribution < -0.4 is 9.64 Å². The first kappa shape index (κ1) is 16.0. The van der Waals surface area contributed by atoms with Gasteiger partial charge in [0.2, 0.25) is 5.91 Å². The van der Waals surface area contributed by atoms with Gasteiger partial charge < -0.3 is 9.64 Å². The lowest BCUT2D eigenvalue weighted by Crippen LogP contribution is -2.48. The Morgan fingerprint density at radius 1 is 1.38 bits per heavy atom. The first-order chi connectivity index (χ1) is 11.5. The molecule has 24 heavy (non-hydrogen) atoms. The highest BCUT2D eigenvalue weighted by atomic mass is 16.5. The van der Waals surface area contributed by atoms with Crippen LogP contribution in [0.1, 0.15) is 12.5 Å². The molecule has 7 nitrogen and oxygen atoms in total. The number of hydrogen-bond donors (Lipinski definition) is 0. The normalized spacial score (nSPS) is 16.5. The van der Waals surface area contributed by atoms with Crippen LogP contribution in [0.25, 0.3) is 0 Å². The van der Waals surface area contributed by atoms with E-state index in [4.69, 9.17) is 4.74 Å². The Morgan fingerprint density at radius 3 is 2.83 bits per heavy atom. The van der Waals surface area contributed by atoms with Gasteiger partial charge in [-0.25, -0.2) is 0 Å². The molecule has 2 aromatic rings. The summed E-state index contributed by atoms with van der Waals surface area (Å²) >= 11 is 0. The lowest BCUT2D eigenvalue weighted by molar-refractivity contribution is -0.132. The summed E-state index contributed by atoms with van der Waals surface area (Å²) in [5.41, 5.74) is 1.57. The van der Waals surface area contributed by atoms with Gasteiger partial charge in [-0.3, -0.25) is 19.2 Å². The summed E-state index contributed by atoms with van der Waals surface area (Å²) in [6.07, 6.45) is 2.98. The van der Waals surface area contributed by atoms with E-state index in [0.717, 1.165) is 5.56 Å². The van der Waals surface area contributed by atoms with E-state index >= 15 is 0 Å². The number of aromatic nitrogens is 2. The molecule has 0 bridgehead atoms. The molecule has 2 amide bonds. The van der Waals surface area contributed by atoms with Crippen LogP contribution in [0.4, 0.5) is 5.69 Å². The van der Waals surface area contributed by atoms with E-state index in [1.165, 1.54) is 4.90 Å². The third-order valence-corrected chi connectivity index (χ3v) is 3.97. The number of hydrogen-bond acceptors (Lipinski definition) is 4. The molecule has 3 rings (SSSR count). The van der Waals surface area contributed by atoms with Gasteiger partial charge >= 0.3 is 0 Å². The zero-order valence-corrected chi connectivity index (χ0v) is 14.0.